The second-order valence-electron chi connectivity index (χ2n) is 6.02. The smallest absolute Gasteiger partial charge is 0.191 e. The number of aromatic nitrogens is 1. The molecule has 0 bridgehead atoms. The first-order chi connectivity index (χ1) is 10.3. The van der Waals surface area contributed by atoms with Gasteiger partial charge in [0.05, 0.1) is 12.2 Å². The Morgan fingerprint density at radius 3 is 2.71 bits per heavy atom. The van der Waals surface area contributed by atoms with Crippen molar-refractivity contribution in [3.8, 4) is 0 Å². The van der Waals surface area contributed by atoms with Crippen LogP contribution in [0.25, 0.3) is 0 Å². The highest BCUT2D eigenvalue weighted by Crippen LogP contribution is 2.27. The van der Waals surface area contributed by atoms with E-state index < -0.39 is 0 Å². The van der Waals surface area contributed by atoms with E-state index in [2.05, 4.69) is 34.5 Å². The highest BCUT2D eigenvalue weighted by atomic mass is 15.2. The van der Waals surface area contributed by atoms with Gasteiger partial charge in [-0.2, -0.15) is 0 Å². The Kier molecular flexibility index (Phi) is 6.51. The maximum absolute atomic E-state index is 4.61. The predicted octanol–water partition coefficient (Wildman–Crippen LogP) is 2.96. The first kappa shape index (κ1) is 15.8. The van der Waals surface area contributed by atoms with Gasteiger partial charge in [-0.3, -0.25) is 4.98 Å². The van der Waals surface area contributed by atoms with Gasteiger partial charge in [-0.05, 0) is 43.7 Å². The molecule has 4 nitrogen and oxygen atoms in total. The zero-order valence-corrected chi connectivity index (χ0v) is 13.3. The van der Waals surface area contributed by atoms with Crippen molar-refractivity contribution in [1.82, 2.24) is 15.6 Å². The van der Waals surface area contributed by atoms with Crippen molar-refractivity contribution in [1.29, 1.82) is 0 Å². The minimum absolute atomic E-state index is 0.623. The highest BCUT2D eigenvalue weighted by molar-refractivity contribution is 5.79. The summed E-state index contributed by atoms with van der Waals surface area (Å²) in [7, 11) is 0. The SMILES string of the molecule is CCNC(=NCc1ccccn1)NCC1CCC(C)CC1. The number of hydrogen-bond acceptors (Lipinski definition) is 2. The van der Waals surface area contributed by atoms with Crippen molar-refractivity contribution in [2.75, 3.05) is 13.1 Å². The van der Waals surface area contributed by atoms with E-state index in [-0.39, 0.29) is 0 Å². The summed E-state index contributed by atoms with van der Waals surface area (Å²) in [5.74, 6) is 2.61. The van der Waals surface area contributed by atoms with Crippen LogP contribution in [0.15, 0.2) is 29.4 Å². The number of aliphatic imine (C=N–C) groups is 1. The first-order valence-electron chi connectivity index (χ1n) is 8.20. The quantitative estimate of drug-likeness (QED) is 0.647. The van der Waals surface area contributed by atoms with Crippen LogP contribution in [0.4, 0.5) is 0 Å². The highest BCUT2D eigenvalue weighted by Gasteiger charge is 2.18. The van der Waals surface area contributed by atoms with E-state index in [0.29, 0.717) is 6.54 Å². The van der Waals surface area contributed by atoms with Crippen LogP contribution in [0.1, 0.15) is 45.2 Å². The average Bonchev–Trinajstić information content (AvgIpc) is 2.52. The fourth-order valence-corrected chi connectivity index (χ4v) is 2.77. The molecule has 0 atom stereocenters. The Bertz CT molecular complexity index is 422. The van der Waals surface area contributed by atoms with Crippen LogP contribution in [0, 0.1) is 11.8 Å². The summed E-state index contributed by atoms with van der Waals surface area (Å²) in [6.45, 7) is 7.00. The summed E-state index contributed by atoms with van der Waals surface area (Å²) >= 11 is 0. The molecule has 0 saturated heterocycles. The van der Waals surface area contributed by atoms with Crippen molar-refractivity contribution < 1.29 is 0 Å². The topological polar surface area (TPSA) is 49.3 Å². The number of nitrogens with one attached hydrogen (secondary N) is 2. The minimum Gasteiger partial charge on any atom is -0.357 e. The monoisotopic (exact) mass is 288 g/mol. The molecule has 1 heterocycles. The van der Waals surface area contributed by atoms with Crippen LogP contribution in [-0.4, -0.2) is 24.0 Å². The molecule has 0 unspecified atom stereocenters. The third-order valence-electron chi connectivity index (χ3n) is 4.16. The Hall–Kier alpha value is -1.58. The standard InChI is InChI=1S/C17H28N4/c1-3-18-17(21-13-16-6-4-5-11-19-16)20-12-15-9-7-14(2)8-10-15/h4-6,11,14-15H,3,7-10,12-13H2,1-2H3,(H2,18,20,21). The zero-order valence-electron chi connectivity index (χ0n) is 13.3. The third kappa shape index (κ3) is 5.74. The first-order valence-corrected chi connectivity index (χ1v) is 8.20. The molecule has 1 fully saturated rings. The van der Waals surface area contributed by atoms with E-state index in [1.165, 1.54) is 25.7 Å². The summed E-state index contributed by atoms with van der Waals surface area (Å²) in [5.41, 5.74) is 1.00. The van der Waals surface area contributed by atoms with Crippen LogP contribution in [0.2, 0.25) is 0 Å². The van der Waals surface area contributed by atoms with E-state index in [1.54, 1.807) is 0 Å². The van der Waals surface area contributed by atoms with Gasteiger partial charge in [-0.1, -0.05) is 25.8 Å². The molecule has 0 radical (unpaired) electrons. The molecule has 2 N–H and O–H groups in total. The molecular weight excluding hydrogens is 260 g/mol. The molecule has 1 aliphatic carbocycles. The maximum Gasteiger partial charge on any atom is 0.191 e. The number of guanidine groups is 1. The number of rotatable bonds is 5. The van der Waals surface area contributed by atoms with Crippen molar-refractivity contribution in [2.24, 2.45) is 16.8 Å². The van der Waals surface area contributed by atoms with Crippen molar-refractivity contribution in [3.63, 3.8) is 0 Å². The summed E-state index contributed by atoms with van der Waals surface area (Å²) in [6, 6.07) is 5.94. The fourth-order valence-electron chi connectivity index (χ4n) is 2.77. The molecule has 2 rings (SSSR count). The zero-order chi connectivity index (χ0) is 14.9. The second-order valence-corrected chi connectivity index (χ2v) is 6.02. The molecule has 4 heteroatoms. The Balaban J connectivity index is 1.81. The maximum atomic E-state index is 4.61. The van der Waals surface area contributed by atoms with Gasteiger partial charge >= 0.3 is 0 Å². The summed E-state index contributed by atoms with van der Waals surface area (Å²) in [5, 5.41) is 6.80. The molecule has 21 heavy (non-hydrogen) atoms. The van der Waals surface area contributed by atoms with Crippen molar-refractivity contribution in [3.05, 3.63) is 30.1 Å². The molecule has 1 aromatic heterocycles. The lowest BCUT2D eigenvalue weighted by Crippen LogP contribution is -2.40. The van der Waals surface area contributed by atoms with Crippen molar-refractivity contribution >= 4 is 5.96 Å². The second kappa shape index (κ2) is 8.65. The van der Waals surface area contributed by atoms with Gasteiger partial charge in [-0.25, -0.2) is 4.99 Å². The largest absolute Gasteiger partial charge is 0.357 e. The average molecular weight is 288 g/mol. The summed E-state index contributed by atoms with van der Waals surface area (Å²) < 4.78 is 0. The lowest BCUT2D eigenvalue weighted by molar-refractivity contribution is 0.289. The lowest BCUT2D eigenvalue weighted by Gasteiger charge is -2.26. The molecule has 0 spiro atoms. The fraction of sp³-hybridized carbons (Fsp3) is 0.647. The van der Waals surface area contributed by atoms with Crippen LogP contribution >= 0.6 is 0 Å². The Morgan fingerprint density at radius 2 is 2.05 bits per heavy atom. The lowest BCUT2D eigenvalue weighted by atomic mass is 9.83. The van der Waals surface area contributed by atoms with E-state index in [9.17, 15) is 0 Å². The summed E-state index contributed by atoms with van der Waals surface area (Å²) in [4.78, 5) is 8.92. The number of hydrogen-bond donors (Lipinski definition) is 2. The molecular formula is C17H28N4. The number of pyridine rings is 1. The van der Waals surface area contributed by atoms with E-state index in [0.717, 1.165) is 36.6 Å². The molecule has 0 aromatic carbocycles. The molecule has 1 saturated carbocycles. The van der Waals surface area contributed by atoms with E-state index >= 15 is 0 Å². The Labute approximate surface area is 128 Å². The molecule has 116 valence electrons. The van der Waals surface area contributed by atoms with Crippen LogP contribution in [0.5, 0.6) is 0 Å². The van der Waals surface area contributed by atoms with Gasteiger partial charge in [0.25, 0.3) is 0 Å². The van der Waals surface area contributed by atoms with Gasteiger partial charge < -0.3 is 10.6 Å². The third-order valence-corrected chi connectivity index (χ3v) is 4.16. The normalized spacial score (nSPS) is 22.9. The minimum atomic E-state index is 0.623. The van der Waals surface area contributed by atoms with Gasteiger partial charge in [-0.15, -0.1) is 0 Å². The summed E-state index contributed by atoms with van der Waals surface area (Å²) in [6.07, 6.45) is 7.23. The molecule has 0 amide bonds. The van der Waals surface area contributed by atoms with Crippen molar-refractivity contribution in [2.45, 2.75) is 46.1 Å². The van der Waals surface area contributed by atoms with E-state index in [1.807, 2.05) is 24.4 Å². The predicted molar refractivity (Wildman–Crippen MR) is 88.2 cm³/mol. The number of nitrogens with zero attached hydrogens (tertiary/aromatic N) is 2. The van der Waals surface area contributed by atoms with Crippen LogP contribution in [0.3, 0.4) is 0 Å². The van der Waals surface area contributed by atoms with E-state index in [4.69, 9.17) is 0 Å². The van der Waals surface area contributed by atoms with Crippen LogP contribution < -0.4 is 10.6 Å². The molecule has 0 aliphatic heterocycles. The molecule has 1 aromatic rings. The van der Waals surface area contributed by atoms with Gasteiger partial charge in [0.2, 0.25) is 0 Å². The van der Waals surface area contributed by atoms with Gasteiger partial charge in [0, 0.05) is 19.3 Å². The Morgan fingerprint density at radius 1 is 1.24 bits per heavy atom. The van der Waals surface area contributed by atoms with Gasteiger partial charge in [0.1, 0.15) is 0 Å². The van der Waals surface area contributed by atoms with Gasteiger partial charge in [0.15, 0.2) is 5.96 Å². The molecule has 1 aliphatic rings. The van der Waals surface area contributed by atoms with Crippen LogP contribution in [-0.2, 0) is 6.54 Å².